The third-order valence-electron chi connectivity index (χ3n) is 6.28. The van der Waals surface area contributed by atoms with Crippen molar-refractivity contribution in [1.29, 1.82) is 0 Å². The molecule has 4 aromatic rings. The van der Waals surface area contributed by atoms with Crippen molar-refractivity contribution in [3.63, 3.8) is 0 Å². The zero-order valence-corrected chi connectivity index (χ0v) is 20.3. The molecule has 186 valence electrons. The van der Waals surface area contributed by atoms with Gasteiger partial charge in [-0.05, 0) is 61.2 Å². The number of nitrogens with zero attached hydrogens (tertiary/aromatic N) is 2. The normalized spacial score (nSPS) is 16.4. The van der Waals surface area contributed by atoms with Crippen LogP contribution < -0.4 is 4.74 Å². The molecule has 0 radical (unpaired) electrons. The van der Waals surface area contributed by atoms with E-state index in [0.29, 0.717) is 37.0 Å². The highest BCUT2D eigenvalue weighted by atomic mass is 32.2. The number of carbonyl (C=O) groups excluding carboxylic acids is 1. The van der Waals surface area contributed by atoms with Crippen LogP contribution in [-0.2, 0) is 27.8 Å². The van der Waals surface area contributed by atoms with E-state index in [1.54, 1.807) is 12.4 Å². The second kappa shape index (κ2) is 10.2. The fraction of sp³-hybridized carbons (Fsp3) is 0.259. The van der Waals surface area contributed by atoms with Gasteiger partial charge in [0.15, 0.2) is 5.78 Å². The molecule has 5 rings (SSSR count). The van der Waals surface area contributed by atoms with E-state index in [0.717, 1.165) is 11.1 Å². The number of sulfonamides is 1. The number of furan rings is 1. The number of hydrogen-bond acceptors (Lipinski definition) is 6. The first kappa shape index (κ1) is 24.1. The highest BCUT2D eigenvalue weighted by molar-refractivity contribution is 7.89. The molecule has 0 saturated carbocycles. The molecule has 2 aromatic heterocycles. The number of hydrogen-bond donors (Lipinski definition) is 0. The van der Waals surface area contributed by atoms with Crippen molar-refractivity contribution in [3.8, 4) is 5.75 Å². The zero-order valence-electron chi connectivity index (χ0n) is 19.5. The van der Waals surface area contributed by atoms with E-state index in [1.807, 2.05) is 36.4 Å². The van der Waals surface area contributed by atoms with Crippen molar-refractivity contribution in [1.82, 2.24) is 9.29 Å². The minimum Gasteiger partial charge on any atom is -0.489 e. The molecular weight excluding hydrogens is 483 g/mol. The molecule has 0 bridgehead atoms. The van der Waals surface area contributed by atoms with E-state index in [-0.39, 0.29) is 29.4 Å². The summed E-state index contributed by atoms with van der Waals surface area (Å²) in [6.07, 6.45) is 5.16. The molecule has 36 heavy (non-hydrogen) atoms. The first-order valence-corrected chi connectivity index (χ1v) is 13.2. The van der Waals surface area contributed by atoms with Gasteiger partial charge >= 0.3 is 0 Å². The standard InChI is InChI=1S/C27H25FN2O5S/c28-22-9-11-26-21(15-22)16-27(35-26)36(32,33)30-13-3-7-24(30)25(31)10-8-19-4-1-6-23(14-19)34-18-20-5-2-12-29-17-20/h1-2,4-6,9,11-12,14-17,24H,3,7-8,10,13,18H2. The number of pyridine rings is 1. The molecule has 0 aliphatic carbocycles. The quantitative estimate of drug-likeness (QED) is 0.319. The van der Waals surface area contributed by atoms with Gasteiger partial charge in [0.2, 0.25) is 5.09 Å². The Morgan fingerprint density at radius 2 is 1.97 bits per heavy atom. The van der Waals surface area contributed by atoms with Gasteiger partial charge in [0.1, 0.15) is 23.8 Å². The van der Waals surface area contributed by atoms with E-state index in [4.69, 9.17) is 9.15 Å². The monoisotopic (exact) mass is 508 g/mol. The third kappa shape index (κ3) is 5.17. The number of fused-ring (bicyclic) bond motifs is 1. The number of aromatic nitrogens is 1. The number of Topliss-reactive ketones (excluding diaryl/α,β-unsaturated/α-hetero) is 1. The number of ketones is 1. The van der Waals surface area contributed by atoms with E-state index in [9.17, 15) is 17.6 Å². The second-order valence-electron chi connectivity index (χ2n) is 8.79. The maximum absolute atomic E-state index is 13.5. The summed E-state index contributed by atoms with van der Waals surface area (Å²) in [6.45, 7) is 0.626. The highest BCUT2D eigenvalue weighted by Gasteiger charge is 2.40. The average molecular weight is 509 g/mol. The van der Waals surface area contributed by atoms with Gasteiger partial charge in [-0.2, -0.15) is 4.31 Å². The molecule has 1 atom stereocenters. The minimum absolute atomic E-state index is 0.139. The summed E-state index contributed by atoms with van der Waals surface area (Å²) in [5.41, 5.74) is 2.16. The SMILES string of the molecule is O=C(CCc1cccc(OCc2cccnc2)c1)C1CCCN1S(=O)(=O)c1cc2cc(F)ccc2o1. The molecule has 0 amide bonds. The van der Waals surface area contributed by atoms with E-state index in [2.05, 4.69) is 4.98 Å². The summed E-state index contributed by atoms with van der Waals surface area (Å²) in [6, 6.07) is 15.7. The summed E-state index contributed by atoms with van der Waals surface area (Å²) >= 11 is 0. The smallest absolute Gasteiger partial charge is 0.277 e. The van der Waals surface area contributed by atoms with Gasteiger partial charge in [0.25, 0.3) is 10.0 Å². The molecule has 1 saturated heterocycles. The summed E-state index contributed by atoms with van der Waals surface area (Å²) in [7, 11) is -4.03. The largest absolute Gasteiger partial charge is 0.489 e. The molecule has 9 heteroatoms. The maximum Gasteiger partial charge on any atom is 0.277 e. The first-order valence-electron chi connectivity index (χ1n) is 11.7. The molecular formula is C27H25FN2O5S. The molecule has 7 nitrogen and oxygen atoms in total. The van der Waals surface area contributed by atoms with Crippen LogP contribution in [0.25, 0.3) is 11.0 Å². The van der Waals surface area contributed by atoms with Crippen LogP contribution in [0.5, 0.6) is 5.75 Å². The molecule has 1 aliphatic rings. The Hall–Kier alpha value is -3.56. The highest BCUT2D eigenvalue weighted by Crippen LogP contribution is 2.31. The Kier molecular flexibility index (Phi) is 6.84. The van der Waals surface area contributed by atoms with Crippen LogP contribution in [0.3, 0.4) is 0 Å². The Balaban J connectivity index is 1.24. The second-order valence-corrected chi connectivity index (χ2v) is 10.6. The number of ether oxygens (including phenoxy) is 1. The Bertz CT molecular complexity index is 1490. The van der Waals surface area contributed by atoms with Crippen molar-refractivity contribution < 1.29 is 26.8 Å². The van der Waals surface area contributed by atoms with Crippen LogP contribution in [0.2, 0.25) is 0 Å². The molecule has 0 spiro atoms. The summed E-state index contributed by atoms with van der Waals surface area (Å²) < 4.78 is 52.6. The van der Waals surface area contributed by atoms with Crippen molar-refractivity contribution >= 4 is 26.8 Å². The van der Waals surface area contributed by atoms with Gasteiger partial charge < -0.3 is 9.15 Å². The zero-order chi connectivity index (χ0) is 25.1. The summed E-state index contributed by atoms with van der Waals surface area (Å²) in [5.74, 6) is 0.0723. The minimum atomic E-state index is -4.03. The lowest BCUT2D eigenvalue weighted by molar-refractivity contribution is -0.122. The summed E-state index contributed by atoms with van der Waals surface area (Å²) in [5, 5.41) is 0.0857. The van der Waals surface area contributed by atoms with Gasteiger partial charge in [-0.1, -0.05) is 18.2 Å². The van der Waals surface area contributed by atoms with Crippen LogP contribution in [-0.4, -0.2) is 36.1 Å². The average Bonchev–Trinajstić information content (AvgIpc) is 3.55. The van der Waals surface area contributed by atoms with Gasteiger partial charge in [-0.3, -0.25) is 9.78 Å². The van der Waals surface area contributed by atoms with Gasteiger partial charge in [0, 0.05) is 42.4 Å². The van der Waals surface area contributed by atoms with E-state index >= 15 is 0 Å². The van der Waals surface area contributed by atoms with Gasteiger partial charge in [0.05, 0.1) is 6.04 Å². The van der Waals surface area contributed by atoms with Crippen molar-refractivity contribution in [2.45, 2.75) is 43.4 Å². The number of carbonyl (C=O) groups is 1. The number of rotatable bonds is 9. The molecule has 2 aromatic carbocycles. The van der Waals surface area contributed by atoms with Gasteiger partial charge in [-0.25, -0.2) is 12.8 Å². The lowest BCUT2D eigenvalue weighted by Crippen LogP contribution is -2.40. The fourth-order valence-corrected chi connectivity index (χ4v) is 6.09. The van der Waals surface area contributed by atoms with Crippen molar-refractivity contribution in [2.24, 2.45) is 0 Å². The predicted octanol–water partition coefficient (Wildman–Crippen LogP) is 4.90. The van der Waals surface area contributed by atoms with Crippen molar-refractivity contribution in [3.05, 3.63) is 90.0 Å². The molecule has 0 N–H and O–H groups in total. The first-order chi connectivity index (χ1) is 17.4. The lowest BCUT2D eigenvalue weighted by atomic mass is 10.0. The van der Waals surface area contributed by atoms with Crippen LogP contribution in [0, 0.1) is 5.82 Å². The number of aryl methyl sites for hydroxylation is 1. The third-order valence-corrected chi connectivity index (χ3v) is 8.05. The number of halogens is 1. The van der Waals surface area contributed by atoms with Crippen LogP contribution in [0.4, 0.5) is 4.39 Å². The molecule has 1 aliphatic heterocycles. The number of benzene rings is 2. The van der Waals surface area contributed by atoms with Crippen molar-refractivity contribution in [2.75, 3.05) is 6.54 Å². The van der Waals surface area contributed by atoms with E-state index < -0.39 is 21.9 Å². The maximum atomic E-state index is 13.5. The topological polar surface area (TPSA) is 89.7 Å². The van der Waals surface area contributed by atoms with Crippen LogP contribution >= 0.6 is 0 Å². The Morgan fingerprint density at radius 3 is 2.81 bits per heavy atom. The Morgan fingerprint density at radius 1 is 1.11 bits per heavy atom. The Labute approximate surface area is 208 Å². The molecule has 1 fully saturated rings. The fourth-order valence-electron chi connectivity index (χ4n) is 4.46. The lowest BCUT2D eigenvalue weighted by Gasteiger charge is -2.21. The van der Waals surface area contributed by atoms with Crippen LogP contribution in [0.15, 0.2) is 82.6 Å². The molecule has 1 unspecified atom stereocenters. The van der Waals surface area contributed by atoms with E-state index in [1.165, 1.54) is 28.6 Å². The van der Waals surface area contributed by atoms with Crippen LogP contribution in [0.1, 0.15) is 30.4 Å². The summed E-state index contributed by atoms with van der Waals surface area (Å²) in [4.78, 5) is 17.2. The predicted molar refractivity (Wildman–Crippen MR) is 131 cm³/mol. The van der Waals surface area contributed by atoms with Gasteiger partial charge in [-0.15, -0.1) is 0 Å². The molecule has 3 heterocycles.